The number of nitrogens with one attached hydrogen (secondary N) is 1. The second-order valence-electron chi connectivity index (χ2n) is 5.19. The minimum atomic E-state index is -0.827. The summed E-state index contributed by atoms with van der Waals surface area (Å²) in [6.07, 6.45) is 0.748. The smallest absolute Gasteiger partial charge is 0.242 e. The Bertz CT molecular complexity index is 574. The molecule has 118 valence electrons. The molecule has 1 fully saturated rings. The van der Waals surface area contributed by atoms with Crippen LogP contribution in [0.1, 0.15) is 18.4 Å². The summed E-state index contributed by atoms with van der Waals surface area (Å²) in [5.74, 6) is -1.43. The number of halogens is 1. The second kappa shape index (κ2) is 7.02. The highest BCUT2D eigenvalue weighted by Crippen LogP contribution is 2.11. The van der Waals surface area contributed by atoms with Gasteiger partial charge in [-0.3, -0.25) is 14.4 Å². The summed E-state index contributed by atoms with van der Waals surface area (Å²) in [7, 11) is 0. The first-order chi connectivity index (χ1) is 10.5. The van der Waals surface area contributed by atoms with Gasteiger partial charge in [-0.25, -0.2) is 4.39 Å². The first-order valence-electron chi connectivity index (χ1n) is 7.07. The van der Waals surface area contributed by atoms with Crippen molar-refractivity contribution in [3.05, 3.63) is 35.6 Å². The Balaban J connectivity index is 2.00. The summed E-state index contributed by atoms with van der Waals surface area (Å²) in [5.41, 5.74) is 6.14. The Morgan fingerprint density at radius 3 is 2.64 bits per heavy atom. The molecule has 6 nitrogen and oxygen atoms in total. The van der Waals surface area contributed by atoms with Crippen molar-refractivity contribution in [2.45, 2.75) is 25.3 Å². The minimum absolute atomic E-state index is 0.0381. The molecule has 1 saturated heterocycles. The molecule has 3 N–H and O–H groups in total. The van der Waals surface area contributed by atoms with E-state index >= 15 is 0 Å². The highest BCUT2D eigenvalue weighted by molar-refractivity contribution is 5.89. The van der Waals surface area contributed by atoms with Crippen LogP contribution in [0.5, 0.6) is 0 Å². The molecule has 1 aliphatic rings. The number of carbonyl (C=O) groups excluding carboxylic acids is 3. The van der Waals surface area contributed by atoms with Crippen molar-refractivity contribution >= 4 is 17.7 Å². The summed E-state index contributed by atoms with van der Waals surface area (Å²) in [6.45, 7) is 0.206. The molecule has 1 heterocycles. The Kier molecular flexibility index (Phi) is 5.08. The van der Waals surface area contributed by atoms with E-state index in [4.69, 9.17) is 5.73 Å². The van der Waals surface area contributed by atoms with Crippen LogP contribution in [0.2, 0.25) is 0 Å². The molecule has 1 aromatic carbocycles. The molecule has 1 atom stereocenters. The maximum Gasteiger partial charge on any atom is 0.242 e. The average molecular weight is 307 g/mol. The fraction of sp³-hybridized carbons (Fsp3) is 0.400. The lowest BCUT2D eigenvalue weighted by atomic mass is 10.1. The molecule has 1 aliphatic heterocycles. The summed E-state index contributed by atoms with van der Waals surface area (Å²) < 4.78 is 12.8. The molecular weight excluding hydrogens is 289 g/mol. The van der Waals surface area contributed by atoms with Crippen molar-refractivity contribution in [2.24, 2.45) is 5.73 Å². The van der Waals surface area contributed by atoms with Crippen molar-refractivity contribution in [1.82, 2.24) is 10.2 Å². The minimum Gasteiger partial charge on any atom is -0.368 e. The Morgan fingerprint density at radius 1 is 1.32 bits per heavy atom. The van der Waals surface area contributed by atoms with E-state index in [-0.39, 0.29) is 43.6 Å². The van der Waals surface area contributed by atoms with Crippen molar-refractivity contribution in [3.8, 4) is 0 Å². The van der Waals surface area contributed by atoms with Gasteiger partial charge < -0.3 is 16.0 Å². The van der Waals surface area contributed by atoms with Crippen LogP contribution in [0.15, 0.2) is 24.3 Å². The van der Waals surface area contributed by atoms with Crippen molar-refractivity contribution < 1.29 is 18.8 Å². The van der Waals surface area contributed by atoms with E-state index in [0.29, 0.717) is 6.42 Å². The van der Waals surface area contributed by atoms with Crippen LogP contribution in [0.3, 0.4) is 0 Å². The molecule has 0 spiro atoms. The lowest BCUT2D eigenvalue weighted by Crippen LogP contribution is -2.51. The molecule has 0 aromatic heterocycles. The van der Waals surface area contributed by atoms with E-state index in [1.54, 1.807) is 12.1 Å². The van der Waals surface area contributed by atoms with Crippen LogP contribution in [-0.4, -0.2) is 41.8 Å². The van der Waals surface area contributed by atoms with Crippen LogP contribution in [-0.2, 0) is 20.8 Å². The van der Waals surface area contributed by atoms with E-state index < -0.39 is 11.9 Å². The van der Waals surface area contributed by atoms with Gasteiger partial charge in [0.05, 0.1) is 0 Å². The van der Waals surface area contributed by atoms with Crippen LogP contribution >= 0.6 is 0 Å². The molecule has 2 rings (SSSR count). The van der Waals surface area contributed by atoms with Gasteiger partial charge in [0, 0.05) is 25.9 Å². The zero-order valence-electron chi connectivity index (χ0n) is 12.0. The highest BCUT2D eigenvalue weighted by atomic mass is 19.1. The standard InChI is InChI=1S/C15H18FN3O3/c16-11-4-1-10(2-5-11)3-6-14(21)19-8-7-13(20)18-9-12(19)15(17)22/h1-2,4-5,12H,3,6-9H2,(H2,17,22)(H,18,20). The molecule has 0 saturated carbocycles. The predicted molar refractivity (Wildman–Crippen MR) is 77.0 cm³/mol. The van der Waals surface area contributed by atoms with Gasteiger partial charge in [-0.15, -0.1) is 0 Å². The van der Waals surface area contributed by atoms with E-state index in [1.807, 2.05) is 0 Å². The number of benzene rings is 1. The van der Waals surface area contributed by atoms with E-state index in [1.165, 1.54) is 17.0 Å². The summed E-state index contributed by atoms with van der Waals surface area (Å²) >= 11 is 0. The van der Waals surface area contributed by atoms with Crippen LogP contribution in [0.25, 0.3) is 0 Å². The van der Waals surface area contributed by atoms with E-state index in [2.05, 4.69) is 5.32 Å². The van der Waals surface area contributed by atoms with Crippen LogP contribution in [0.4, 0.5) is 4.39 Å². The molecule has 0 aliphatic carbocycles. The highest BCUT2D eigenvalue weighted by Gasteiger charge is 2.30. The number of hydrogen-bond acceptors (Lipinski definition) is 3. The maximum atomic E-state index is 12.8. The molecular formula is C15H18FN3O3. The van der Waals surface area contributed by atoms with E-state index in [9.17, 15) is 18.8 Å². The zero-order chi connectivity index (χ0) is 16.1. The molecule has 22 heavy (non-hydrogen) atoms. The average Bonchev–Trinajstić information content (AvgIpc) is 2.68. The predicted octanol–water partition coefficient (Wildman–Crippen LogP) is -0.0393. The van der Waals surface area contributed by atoms with Gasteiger partial charge in [-0.1, -0.05) is 12.1 Å². The van der Waals surface area contributed by atoms with Crippen LogP contribution < -0.4 is 11.1 Å². The normalized spacial score (nSPS) is 18.5. The first kappa shape index (κ1) is 15.9. The second-order valence-corrected chi connectivity index (χ2v) is 5.19. The number of nitrogens with two attached hydrogens (primary N) is 1. The van der Waals surface area contributed by atoms with Gasteiger partial charge in [0.25, 0.3) is 0 Å². The van der Waals surface area contributed by atoms with Gasteiger partial charge in [0.15, 0.2) is 0 Å². The number of primary amides is 1. The monoisotopic (exact) mass is 307 g/mol. The van der Waals surface area contributed by atoms with Gasteiger partial charge in [0.1, 0.15) is 11.9 Å². The van der Waals surface area contributed by atoms with Crippen molar-refractivity contribution in [1.29, 1.82) is 0 Å². The third-order valence-corrected chi connectivity index (χ3v) is 3.64. The summed E-state index contributed by atoms with van der Waals surface area (Å²) in [6, 6.07) is 5.07. The fourth-order valence-electron chi connectivity index (χ4n) is 2.39. The number of rotatable bonds is 4. The van der Waals surface area contributed by atoms with Crippen molar-refractivity contribution in [3.63, 3.8) is 0 Å². The Hall–Kier alpha value is -2.44. The molecule has 7 heteroatoms. The summed E-state index contributed by atoms with van der Waals surface area (Å²) in [5, 5.41) is 2.57. The van der Waals surface area contributed by atoms with Crippen LogP contribution in [0, 0.1) is 5.82 Å². The number of nitrogens with zero attached hydrogens (tertiary/aromatic N) is 1. The van der Waals surface area contributed by atoms with Gasteiger partial charge in [0.2, 0.25) is 17.7 Å². The van der Waals surface area contributed by atoms with Gasteiger partial charge in [-0.2, -0.15) is 0 Å². The molecule has 1 aromatic rings. The number of carbonyl (C=O) groups is 3. The number of aryl methyl sites for hydroxylation is 1. The van der Waals surface area contributed by atoms with E-state index in [0.717, 1.165) is 5.56 Å². The Morgan fingerprint density at radius 2 is 2.00 bits per heavy atom. The lowest BCUT2D eigenvalue weighted by molar-refractivity contribution is -0.138. The lowest BCUT2D eigenvalue weighted by Gasteiger charge is -2.27. The molecule has 0 radical (unpaired) electrons. The van der Waals surface area contributed by atoms with Gasteiger partial charge >= 0.3 is 0 Å². The van der Waals surface area contributed by atoms with Gasteiger partial charge in [-0.05, 0) is 24.1 Å². The third-order valence-electron chi connectivity index (χ3n) is 3.64. The quantitative estimate of drug-likeness (QED) is 0.817. The third kappa shape index (κ3) is 4.03. The fourth-order valence-corrected chi connectivity index (χ4v) is 2.39. The molecule has 1 unspecified atom stereocenters. The largest absolute Gasteiger partial charge is 0.368 e. The molecule has 0 bridgehead atoms. The SMILES string of the molecule is NC(=O)C1CNC(=O)CCN1C(=O)CCc1ccc(F)cc1. The first-order valence-corrected chi connectivity index (χ1v) is 7.07. The number of amides is 3. The summed E-state index contributed by atoms with van der Waals surface area (Å²) in [4.78, 5) is 36.5. The Labute approximate surface area is 127 Å². The zero-order valence-corrected chi connectivity index (χ0v) is 12.0. The maximum absolute atomic E-state index is 12.8. The van der Waals surface area contributed by atoms with Crippen molar-refractivity contribution in [2.75, 3.05) is 13.1 Å². The topological polar surface area (TPSA) is 92.5 Å². The molecule has 3 amide bonds. The number of hydrogen-bond donors (Lipinski definition) is 2.